The third-order valence-corrected chi connectivity index (χ3v) is 3.71. The fourth-order valence-corrected chi connectivity index (χ4v) is 2.17. The molecule has 1 aromatic carbocycles. The Morgan fingerprint density at radius 2 is 2.10 bits per heavy atom. The van der Waals surface area contributed by atoms with Crippen LogP contribution < -0.4 is 10.2 Å². The van der Waals surface area contributed by atoms with E-state index in [4.69, 9.17) is 4.74 Å². The van der Waals surface area contributed by atoms with E-state index in [1.165, 1.54) is 6.07 Å². The predicted octanol–water partition coefficient (Wildman–Crippen LogP) is 2.58. The average Bonchev–Trinajstić information content (AvgIpc) is 2.47. The van der Waals surface area contributed by atoms with E-state index in [0.717, 1.165) is 6.42 Å². The molecule has 0 aromatic heterocycles. The summed E-state index contributed by atoms with van der Waals surface area (Å²) in [5.41, 5.74) is -0.133. The number of esters is 1. The van der Waals surface area contributed by atoms with Crippen LogP contribution in [0.1, 0.15) is 26.7 Å². The molecule has 0 heterocycles. The van der Waals surface area contributed by atoms with Crippen molar-refractivity contribution in [2.75, 3.05) is 32.1 Å². The fraction of sp³-hybridized carbons (Fsp3) is 0.562. The Kier molecular flexibility index (Phi) is 6.62. The molecule has 5 heteroatoms. The van der Waals surface area contributed by atoms with Crippen molar-refractivity contribution >= 4 is 11.7 Å². The number of nitrogens with zero attached hydrogens (tertiary/aromatic N) is 1. The Hall–Kier alpha value is -1.62. The highest BCUT2D eigenvalue weighted by atomic mass is 19.1. The highest BCUT2D eigenvalue weighted by Crippen LogP contribution is 2.19. The van der Waals surface area contributed by atoms with Crippen LogP contribution in [0.25, 0.3) is 0 Å². The zero-order chi connectivity index (χ0) is 15.9. The molecule has 0 saturated heterocycles. The number of para-hydroxylation sites is 1. The Morgan fingerprint density at radius 3 is 2.67 bits per heavy atom. The maximum Gasteiger partial charge on any atom is 0.326 e. The summed E-state index contributed by atoms with van der Waals surface area (Å²) >= 11 is 0. The maximum absolute atomic E-state index is 13.7. The summed E-state index contributed by atoms with van der Waals surface area (Å²) in [6.07, 6.45) is 1.38. The van der Waals surface area contributed by atoms with Crippen molar-refractivity contribution in [1.82, 2.24) is 5.32 Å². The Morgan fingerprint density at radius 1 is 1.43 bits per heavy atom. The normalized spacial score (nSPS) is 13.6. The molecule has 1 N–H and O–H groups in total. The van der Waals surface area contributed by atoms with Gasteiger partial charge in [-0.1, -0.05) is 12.1 Å². The predicted molar refractivity (Wildman–Crippen MR) is 83.0 cm³/mol. The molecule has 1 atom stereocenters. The van der Waals surface area contributed by atoms with E-state index in [2.05, 4.69) is 5.32 Å². The number of hydrogen-bond donors (Lipinski definition) is 1. The van der Waals surface area contributed by atoms with Gasteiger partial charge in [-0.15, -0.1) is 0 Å². The topological polar surface area (TPSA) is 41.6 Å². The molecule has 0 spiro atoms. The van der Waals surface area contributed by atoms with Crippen molar-refractivity contribution in [3.63, 3.8) is 0 Å². The van der Waals surface area contributed by atoms with E-state index in [1.807, 2.05) is 24.9 Å². The first kappa shape index (κ1) is 17.4. The molecule has 0 bridgehead atoms. The van der Waals surface area contributed by atoms with Crippen LogP contribution in [0.2, 0.25) is 0 Å². The van der Waals surface area contributed by atoms with Gasteiger partial charge in [-0.25, -0.2) is 4.39 Å². The quantitative estimate of drug-likeness (QED) is 0.749. The Balaban J connectivity index is 2.55. The van der Waals surface area contributed by atoms with Gasteiger partial charge in [0.1, 0.15) is 11.4 Å². The number of benzene rings is 1. The molecule has 0 aliphatic heterocycles. The minimum absolute atomic E-state index is 0.234. The number of anilines is 1. The summed E-state index contributed by atoms with van der Waals surface area (Å²) < 4.78 is 18.8. The van der Waals surface area contributed by atoms with Gasteiger partial charge in [0.2, 0.25) is 0 Å². The summed E-state index contributed by atoms with van der Waals surface area (Å²) in [5.74, 6) is -0.484. The zero-order valence-electron chi connectivity index (χ0n) is 13.3. The van der Waals surface area contributed by atoms with E-state index >= 15 is 0 Å². The molecule has 118 valence electrons. The van der Waals surface area contributed by atoms with Gasteiger partial charge in [-0.3, -0.25) is 4.79 Å². The van der Waals surface area contributed by atoms with Gasteiger partial charge >= 0.3 is 5.97 Å². The highest BCUT2D eigenvalue weighted by molar-refractivity contribution is 5.80. The van der Waals surface area contributed by atoms with Crippen molar-refractivity contribution in [3.8, 4) is 0 Å². The van der Waals surface area contributed by atoms with Crippen LogP contribution in [0.3, 0.4) is 0 Å². The smallest absolute Gasteiger partial charge is 0.326 e. The molecule has 0 saturated carbocycles. The van der Waals surface area contributed by atoms with Crippen molar-refractivity contribution in [2.24, 2.45) is 0 Å². The van der Waals surface area contributed by atoms with Gasteiger partial charge in [0.25, 0.3) is 0 Å². The van der Waals surface area contributed by atoms with E-state index < -0.39 is 5.54 Å². The molecular formula is C16H25FN2O2. The molecular weight excluding hydrogens is 271 g/mol. The van der Waals surface area contributed by atoms with Gasteiger partial charge in [0.15, 0.2) is 0 Å². The highest BCUT2D eigenvalue weighted by Gasteiger charge is 2.32. The van der Waals surface area contributed by atoms with Crippen molar-refractivity contribution in [2.45, 2.75) is 32.2 Å². The third-order valence-electron chi connectivity index (χ3n) is 3.71. The largest absolute Gasteiger partial charge is 0.465 e. The maximum atomic E-state index is 13.7. The van der Waals surface area contributed by atoms with Crippen molar-refractivity contribution in [1.29, 1.82) is 0 Å². The number of ether oxygens (including phenoxy) is 1. The second-order valence-electron chi connectivity index (χ2n) is 5.28. The molecule has 0 amide bonds. The lowest BCUT2D eigenvalue weighted by Crippen LogP contribution is -2.49. The minimum Gasteiger partial charge on any atom is -0.465 e. The Bertz CT molecular complexity index is 467. The second-order valence-corrected chi connectivity index (χ2v) is 5.28. The first-order valence-corrected chi connectivity index (χ1v) is 7.26. The zero-order valence-corrected chi connectivity index (χ0v) is 13.3. The lowest BCUT2D eigenvalue weighted by molar-refractivity contribution is -0.150. The number of likely N-dealkylation sites (N-methyl/N-ethyl adjacent to an activating group) is 1. The van der Waals surface area contributed by atoms with Crippen molar-refractivity contribution in [3.05, 3.63) is 30.1 Å². The summed E-state index contributed by atoms with van der Waals surface area (Å²) in [6.45, 7) is 4.65. The van der Waals surface area contributed by atoms with Gasteiger partial charge in [0, 0.05) is 13.6 Å². The number of carbonyl (C=O) groups excluding carboxylic acids is 1. The average molecular weight is 296 g/mol. The SMILES string of the molecule is CCOC(=O)C(C)(CCCN(C)c1ccccc1F)NC. The number of carbonyl (C=O) groups is 1. The summed E-state index contributed by atoms with van der Waals surface area (Å²) in [4.78, 5) is 13.8. The molecule has 0 aliphatic carbocycles. The summed E-state index contributed by atoms with van der Waals surface area (Å²) in [5, 5.41) is 3.02. The fourth-order valence-electron chi connectivity index (χ4n) is 2.17. The van der Waals surface area contributed by atoms with Crippen LogP contribution in [0.5, 0.6) is 0 Å². The van der Waals surface area contributed by atoms with Gasteiger partial charge in [0.05, 0.1) is 12.3 Å². The molecule has 21 heavy (non-hydrogen) atoms. The molecule has 0 fully saturated rings. The van der Waals surface area contributed by atoms with Crippen LogP contribution in [0.15, 0.2) is 24.3 Å². The van der Waals surface area contributed by atoms with E-state index in [1.54, 1.807) is 26.1 Å². The van der Waals surface area contributed by atoms with Crippen molar-refractivity contribution < 1.29 is 13.9 Å². The minimum atomic E-state index is -0.702. The van der Waals surface area contributed by atoms with E-state index in [0.29, 0.717) is 25.3 Å². The first-order chi connectivity index (χ1) is 9.94. The lowest BCUT2D eigenvalue weighted by Gasteiger charge is -2.28. The molecule has 0 radical (unpaired) electrons. The summed E-state index contributed by atoms with van der Waals surface area (Å²) in [7, 11) is 3.59. The van der Waals surface area contributed by atoms with Crippen LogP contribution in [0.4, 0.5) is 10.1 Å². The van der Waals surface area contributed by atoms with Gasteiger partial charge < -0.3 is 15.0 Å². The molecule has 1 unspecified atom stereocenters. The monoisotopic (exact) mass is 296 g/mol. The van der Waals surface area contributed by atoms with Crippen LogP contribution >= 0.6 is 0 Å². The van der Waals surface area contributed by atoms with Crippen LogP contribution in [-0.2, 0) is 9.53 Å². The summed E-state index contributed by atoms with van der Waals surface area (Å²) in [6, 6.07) is 6.68. The van der Waals surface area contributed by atoms with Crippen LogP contribution in [0, 0.1) is 5.82 Å². The van der Waals surface area contributed by atoms with E-state index in [9.17, 15) is 9.18 Å². The molecule has 1 rings (SSSR count). The van der Waals surface area contributed by atoms with Gasteiger partial charge in [-0.05, 0) is 45.9 Å². The second kappa shape index (κ2) is 7.98. The molecule has 4 nitrogen and oxygen atoms in total. The number of halogens is 1. The number of rotatable bonds is 8. The van der Waals surface area contributed by atoms with Crippen LogP contribution in [-0.4, -0.2) is 38.8 Å². The third kappa shape index (κ3) is 4.70. The number of hydrogen-bond acceptors (Lipinski definition) is 4. The standard InChI is InChI=1S/C16H25FN2O2/c1-5-21-15(20)16(2,18-3)11-8-12-19(4)14-10-7-6-9-13(14)17/h6-7,9-10,18H,5,8,11-12H2,1-4H3. The Labute approximate surface area is 126 Å². The van der Waals surface area contributed by atoms with E-state index in [-0.39, 0.29) is 11.8 Å². The van der Waals surface area contributed by atoms with Gasteiger partial charge in [-0.2, -0.15) is 0 Å². The first-order valence-electron chi connectivity index (χ1n) is 7.26. The molecule has 0 aliphatic rings. The lowest BCUT2D eigenvalue weighted by atomic mass is 9.96. The molecule has 1 aromatic rings. The number of nitrogens with one attached hydrogen (secondary N) is 1.